The molecule has 1 unspecified atom stereocenters. The van der Waals surface area contributed by atoms with Gasteiger partial charge in [-0.3, -0.25) is 0 Å². The van der Waals surface area contributed by atoms with E-state index in [0.717, 1.165) is 36.1 Å². The second-order valence-electron chi connectivity index (χ2n) is 4.84. The lowest BCUT2D eigenvalue weighted by atomic mass is 9.91. The van der Waals surface area contributed by atoms with E-state index >= 15 is 0 Å². The number of nitrogens with one attached hydrogen (secondary N) is 1. The molecule has 16 heavy (non-hydrogen) atoms. The van der Waals surface area contributed by atoms with Crippen LogP contribution >= 0.6 is 0 Å². The molecule has 0 aliphatic carbocycles. The van der Waals surface area contributed by atoms with Crippen molar-refractivity contribution < 1.29 is 0 Å². The number of piperidine rings is 1. The Hall–Kier alpha value is -0.960. The van der Waals surface area contributed by atoms with Gasteiger partial charge in [0, 0.05) is 11.4 Å². The molecule has 0 saturated carbocycles. The highest BCUT2D eigenvalue weighted by molar-refractivity contribution is 5.24. The van der Waals surface area contributed by atoms with E-state index in [9.17, 15) is 0 Å². The van der Waals surface area contributed by atoms with Crippen LogP contribution in [0, 0.1) is 26.7 Å². The highest BCUT2D eigenvalue weighted by atomic mass is 14.9. The summed E-state index contributed by atoms with van der Waals surface area (Å²) in [6, 6.07) is 0. The number of hydrogen-bond acceptors (Lipinski definition) is 3. The summed E-state index contributed by atoms with van der Waals surface area (Å²) in [6.07, 6.45) is 3.76. The van der Waals surface area contributed by atoms with Crippen LogP contribution in [0.3, 0.4) is 0 Å². The summed E-state index contributed by atoms with van der Waals surface area (Å²) in [5.41, 5.74) is 3.69. The molecule has 3 heteroatoms. The first-order valence-electron chi connectivity index (χ1n) is 6.18. The maximum absolute atomic E-state index is 4.47. The Morgan fingerprint density at radius 3 is 2.44 bits per heavy atom. The van der Waals surface area contributed by atoms with Gasteiger partial charge in [-0.15, -0.1) is 0 Å². The van der Waals surface area contributed by atoms with Crippen LogP contribution in [0.25, 0.3) is 0 Å². The minimum absolute atomic E-state index is 0.762. The highest BCUT2D eigenvalue weighted by Crippen LogP contribution is 2.20. The van der Waals surface area contributed by atoms with E-state index in [1.807, 2.05) is 6.92 Å². The topological polar surface area (TPSA) is 37.8 Å². The summed E-state index contributed by atoms with van der Waals surface area (Å²) in [5.74, 6) is 1.65. The summed E-state index contributed by atoms with van der Waals surface area (Å²) >= 11 is 0. The lowest BCUT2D eigenvalue weighted by molar-refractivity contribution is 0.374. The molecule has 0 radical (unpaired) electrons. The van der Waals surface area contributed by atoms with Crippen LogP contribution in [0.1, 0.15) is 35.6 Å². The molecular weight excluding hydrogens is 198 g/mol. The maximum Gasteiger partial charge on any atom is 0.125 e. The normalized spacial score (nSPS) is 21.1. The van der Waals surface area contributed by atoms with E-state index < -0.39 is 0 Å². The molecule has 88 valence electrons. The fourth-order valence-corrected chi connectivity index (χ4v) is 2.59. The van der Waals surface area contributed by atoms with Crippen molar-refractivity contribution in [1.29, 1.82) is 0 Å². The third-order valence-corrected chi connectivity index (χ3v) is 3.42. The summed E-state index contributed by atoms with van der Waals surface area (Å²) in [7, 11) is 0. The molecule has 0 bridgehead atoms. The number of rotatable bonds is 2. The van der Waals surface area contributed by atoms with Crippen molar-refractivity contribution in [3.8, 4) is 0 Å². The third-order valence-electron chi connectivity index (χ3n) is 3.42. The second kappa shape index (κ2) is 4.91. The SMILES string of the molecule is Cc1nc(C)c(CC2CCCNC2)c(C)n1. The number of nitrogens with zero attached hydrogens (tertiary/aromatic N) is 2. The zero-order chi connectivity index (χ0) is 11.5. The Labute approximate surface area is 97.7 Å². The third kappa shape index (κ3) is 2.59. The van der Waals surface area contributed by atoms with Crippen molar-refractivity contribution in [2.45, 2.75) is 40.0 Å². The lowest BCUT2D eigenvalue weighted by Crippen LogP contribution is -2.31. The number of aryl methyl sites for hydroxylation is 3. The van der Waals surface area contributed by atoms with Crippen LogP contribution in [-0.2, 0) is 6.42 Å². The first kappa shape index (κ1) is 11.5. The van der Waals surface area contributed by atoms with Crippen molar-refractivity contribution in [2.24, 2.45) is 5.92 Å². The van der Waals surface area contributed by atoms with Crippen LogP contribution in [0.4, 0.5) is 0 Å². The molecule has 0 aromatic carbocycles. The largest absolute Gasteiger partial charge is 0.316 e. The minimum Gasteiger partial charge on any atom is -0.316 e. The molecule has 0 spiro atoms. The van der Waals surface area contributed by atoms with Gasteiger partial charge in [0.05, 0.1) is 0 Å². The van der Waals surface area contributed by atoms with E-state index in [-0.39, 0.29) is 0 Å². The second-order valence-corrected chi connectivity index (χ2v) is 4.84. The Kier molecular flexibility index (Phi) is 3.54. The predicted octanol–water partition coefficient (Wildman–Crippen LogP) is 1.94. The predicted molar refractivity (Wildman–Crippen MR) is 65.5 cm³/mol. The van der Waals surface area contributed by atoms with E-state index in [2.05, 4.69) is 29.1 Å². The Morgan fingerprint density at radius 2 is 1.88 bits per heavy atom. The summed E-state index contributed by atoms with van der Waals surface area (Å²) in [5, 5.41) is 3.46. The highest BCUT2D eigenvalue weighted by Gasteiger charge is 2.16. The van der Waals surface area contributed by atoms with Gasteiger partial charge in [-0.2, -0.15) is 0 Å². The van der Waals surface area contributed by atoms with Crippen LogP contribution in [-0.4, -0.2) is 23.1 Å². The molecule has 1 aliphatic heterocycles. The maximum atomic E-state index is 4.47. The molecule has 3 nitrogen and oxygen atoms in total. The van der Waals surface area contributed by atoms with Gasteiger partial charge in [0.15, 0.2) is 0 Å². The van der Waals surface area contributed by atoms with Crippen molar-refractivity contribution in [3.05, 3.63) is 22.8 Å². The molecule has 1 aromatic rings. The molecule has 2 rings (SSSR count). The standard InChI is InChI=1S/C13H21N3/c1-9-13(10(2)16-11(3)15-9)7-12-5-4-6-14-8-12/h12,14H,4-8H2,1-3H3. The fourth-order valence-electron chi connectivity index (χ4n) is 2.59. The summed E-state index contributed by atoms with van der Waals surface area (Å²) in [4.78, 5) is 8.94. The molecule has 0 amide bonds. The first-order chi connectivity index (χ1) is 7.66. The first-order valence-corrected chi connectivity index (χ1v) is 6.18. The molecule has 1 aliphatic rings. The van der Waals surface area contributed by atoms with Crippen molar-refractivity contribution in [1.82, 2.24) is 15.3 Å². The van der Waals surface area contributed by atoms with Crippen molar-refractivity contribution in [3.63, 3.8) is 0 Å². The van der Waals surface area contributed by atoms with Gasteiger partial charge in [0.1, 0.15) is 5.82 Å². The van der Waals surface area contributed by atoms with Gasteiger partial charge in [0.25, 0.3) is 0 Å². The van der Waals surface area contributed by atoms with E-state index in [0.29, 0.717) is 0 Å². The van der Waals surface area contributed by atoms with Gasteiger partial charge in [0.2, 0.25) is 0 Å². The average molecular weight is 219 g/mol. The fraction of sp³-hybridized carbons (Fsp3) is 0.692. The summed E-state index contributed by atoms with van der Waals surface area (Å²) < 4.78 is 0. The Morgan fingerprint density at radius 1 is 1.19 bits per heavy atom. The van der Waals surface area contributed by atoms with Crippen molar-refractivity contribution in [2.75, 3.05) is 13.1 Å². The zero-order valence-electron chi connectivity index (χ0n) is 10.5. The van der Waals surface area contributed by atoms with Gasteiger partial charge in [-0.25, -0.2) is 9.97 Å². The molecule has 1 N–H and O–H groups in total. The van der Waals surface area contributed by atoms with Gasteiger partial charge in [-0.05, 0) is 64.6 Å². The summed E-state index contributed by atoms with van der Waals surface area (Å²) in [6.45, 7) is 8.50. The van der Waals surface area contributed by atoms with Crippen LogP contribution in [0.15, 0.2) is 0 Å². The molecule has 1 saturated heterocycles. The van der Waals surface area contributed by atoms with E-state index in [4.69, 9.17) is 0 Å². The van der Waals surface area contributed by atoms with Crippen LogP contribution in [0.2, 0.25) is 0 Å². The van der Waals surface area contributed by atoms with Gasteiger partial charge >= 0.3 is 0 Å². The smallest absolute Gasteiger partial charge is 0.125 e. The Balaban J connectivity index is 2.14. The van der Waals surface area contributed by atoms with E-state index in [1.165, 1.54) is 24.9 Å². The molecule has 1 aromatic heterocycles. The minimum atomic E-state index is 0.762. The Bertz CT molecular complexity index is 344. The molecule has 1 atom stereocenters. The zero-order valence-corrected chi connectivity index (χ0v) is 10.5. The van der Waals surface area contributed by atoms with Crippen molar-refractivity contribution >= 4 is 0 Å². The van der Waals surface area contributed by atoms with Crippen LogP contribution < -0.4 is 5.32 Å². The van der Waals surface area contributed by atoms with E-state index in [1.54, 1.807) is 0 Å². The van der Waals surface area contributed by atoms with Gasteiger partial charge < -0.3 is 5.32 Å². The number of aromatic nitrogens is 2. The number of hydrogen-bond donors (Lipinski definition) is 1. The quantitative estimate of drug-likeness (QED) is 0.826. The molecule has 1 fully saturated rings. The van der Waals surface area contributed by atoms with Gasteiger partial charge in [-0.1, -0.05) is 0 Å². The lowest BCUT2D eigenvalue weighted by Gasteiger charge is -2.23. The average Bonchev–Trinajstić information content (AvgIpc) is 2.25. The monoisotopic (exact) mass is 219 g/mol. The van der Waals surface area contributed by atoms with Crippen LogP contribution in [0.5, 0.6) is 0 Å². The molecule has 2 heterocycles. The molecular formula is C13H21N3.